The average molecular weight is 213 g/mol. The lowest BCUT2D eigenvalue weighted by atomic mass is 9.82. The zero-order valence-electron chi connectivity index (χ0n) is 9.66. The minimum absolute atomic E-state index is 0.105. The summed E-state index contributed by atoms with van der Waals surface area (Å²) in [4.78, 5) is 5.85. The molecule has 0 radical (unpaired) electrons. The van der Waals surface area contributed by atoms with Crippen molar-refractivity contribution in [3.63, 3.8) is 0 Å². The van der Waals surface area contributed by atoms with Gasteiger partial charge in [0.1, 0.15) is 0 Å². The number of hydrogen-bond acceptors (Lipinski definition) is 2. The van der Waals surface area contributed by atoms with E-state index in [2.05, 4.69) is 43.3 Å². The Labute approximate surface area is 95.3 Å². The van der Waals surface area contributed by atoms with Gasteiger partial charge in [-0.25, -0.2) is 0 Å². The zero-order valence-corrected chi connectivity index (χ0v) is 9.66. The van der Waals surface area contributed by atoms with Crippen LogP contribution >= 0.6 is 0 Å². The highest BCUT2D eigenvalue weighted by atomic mass is 16.7. The number of oxime groups is 1. The summed E-state index contributed by atoms with van der Waals surface area (Å²) in [6.45, 7) is 4.46. The maximum Gasteiger partial charge on any atom is 0.177 e. The van der Waals surface area contributed by atoms with Crippen molar-refractivity contribution in [3.8, 4) is 0 Å². The number of aryl methyl sites for hydroxylation is 1. The summed E-state index contributed by atoms with van der Waals surface area (Å²) in [5.41, 5.74) is 4.21. The van der Waals surface area contributed by atoms with Crippen LogP contribution in [0.2, 0.25) is 0 Å². The number of benzene rings is 1. The van der Waals surface area contributed by atoms with Gasteiger partial charge in [0.05, 0.1) is 11.6 Å². The monoisotopic (exact) mass is 213 g/mol. The zero-order chi connectivity index (χ0) is 11.0. The van der Waals surface area contributed by atoms with Crippen molar-refractivity contribution < 1.29 is 4.84 Å². The van der Waals surface area contributed by atoms with Gasteiger partial charge in [0.15, 0.2) is 5.60 Å². The van der Waals surface area contributed by atoms with E-state index in [1.54, 1.807) is 0 Å². The summed E-state index contributed by atoms with van der Waals surface area (Å²) < 4.78 is 0. The fourth-order valence-electron chi connectivity index (χ4n) is 4.09. The van der Waals surface area contributed by atoms with E-state index in [9.17, 15) is 0 Å². The first kappa shape index (κ1) is 8.80. The summed E-state index contributed by atoms with van der Waals surface area (Å²) in [6, 6.07) is 8.70. The van der Waals surface area contributed by atoms with Gasteiger partial charge in [-0.1, -0.05) is 36.3 Å². The molecule has 0 amide bonds. The summed E-state index contributed by atoms with van der Waals surface area (Å²) in [5, 5.41) is 4.20. The third-order valence-corrected chi connectivity index (χ3v) is 4.89. The summed E-state index contributed by atoms with van der Waals surface area (Å²) in [7, 11) is 0. The third kappa shape index (κ3) is 0.675. The van der Waals surface area contributed by atoms with Gasteiger partial charge in [-0.15, -0.1) is 0 Å². The molecule has 2 heteroatoms. The quantitative estimate of drug-likeness (QED) is 0.649. The molecule has 2 aliphatic carbocycles. The van der Waals surface area contributed by atoms with Crippen LogP contribution in [0.15, 0.2) is 29.4 Å². The Morgan fingerprint density at radius 2 is 2.19 bits per heavy atom. The minimum atomic E-state index is -0.105. The Kier molecular flexibility index (Phi) is 1.29. The number of rotatable bonds is 0. The molecule has 82 valence electrons. The van der Waals surface area contributed by atoms with Gasteiger partial charge in [-0.05, 0) is 25.3 Å². The van der Waals surface area contributed by atoms with E-state index in [1.165, 1.54) is 29.7 Å². The van der Waals surface area contributed by atoms with E-state index in [1.807, 2.05) is 0 Å². The molecule has 1 heterocycles. The Morgan fingerprint density at radius 1 is 1.38 bits per heavy atom. The molecule has 1 fully saturated rings. The van der Waals surface area contributed by atoms with Gasteiger partial charge >= 0.3 is 0 Å². The van der Waals surface area contributed by atoms with Crippen molar-refractivity contribution in [1.82, 2.24) is 0 Å². The minimum Gasteiger partial charge on any atom is -0.383 e. The van der Waals surface area contributed by atoms with E-state index < -0.39 is 0 Å². The maximum absolute atomic E-state index is 5.85. The second-order valence-corrected chi connectivity index (χ2v) is 5.57. The van der Waals surface area contributed by atoms with Gasteiger partial charge in [0.2, 0.25) is 0 Å². The van der Waals surface area contributed by atoms with Crippen LogP contribution in [0.3, 0.4) is 0 Å². The lowest BCUT2D eigenvalue weighted by molar-refractivity contribution is 0.00338. The van der Waals surface area contributed by atoms with Crippen molar-refractivity contribution in [2.24, 2.45) is 16.5 Å². The highest BCUT2D eigenvalue weighted by molar-refractivity contribution is 5.92. The molecular weight excluding hydrogens is 198 g/mol. The molecule has 16 heavy (non-hydrogen) atoms. The van der Waals surface area contributed by atoms with Crippen LogP contribution in [0.5, 0.6) is 0 Å². The predicted molar refractivity (Wildman–Crippen MR) is 62.2 cm³/mol. The molecule has 4 rings (SSSR count). The van der Waals surface area contributed by atoms with Crippen LogP contribution in [0, 0.1) is 11.3 Å². The first-order chi connectivity index (χ1) is 7.70. The molecule has 1 spiro atoms. The van der Waals surface area contributed by atoms with Gasteiger partial charge in [-0.3, -0.25) is 0 Å². The molecule has 0 aromatic heterocycles. The van der Waals surface area contributed by atoms with Crippen LogP contribution in [-0.2, 0) is 16.9 Å². The number of fused-ring (bicyclic) bond motifs is 2. The summed E-state index contributed by atoms with van der Waals surface area (Å²) in [5.74, 6) is 0.517. The fourth-order valence-corrected chi connectivity index (χ4v) is 4.09. The predicted octanol–water partition coefficient (Wildman–Crippen LogP) is 2.87. The second-order valence-electron chi connectivity index (χ2n) is 5.57. The van der Waals surface area contributed by atoms with Crippen molar-refractivity contribution in [1.29, 1.82) is 0 Å². The van der Waals surface area contributed by atoms with Crippen molar-refractivity contribution >= 4 is 5.71 Å². The van der Waals surface area contributed by atoms with Gasteiger partial charge in [0.25, 0.3) is 0 Å². The van der Waals surface area contributed by atoms with Gasteiger partial charge < -0.3 is 4.84 Å². The number of nitrogens with zero attached hydrogens (tertiary/aromatic N) is 1. The standard InChI is InChI=1S/C14H15NO/c1-9-12-13(2)8-7-10-5-3-4-6-11(10)14(12,13)16-15-9/h3-6,12H,7-8H2,1-2H3/t12?,13?,14-/m0/s1. The highest BCUT2D eigenvalue weighted by Gasteiger charge is 2.82. The molecular formula is C14H15NO. The molecule has 1 aliphatic heterocycles. The van der Waals surface area contributed by atoms with Crippen LogP contribution < -0.4 is 0 Å². The normalized spacial score (nSPS) is 42.6. The molecule has 0 N–H and O–H groups in total. The molecule has 2 unspecified atom stereocenters. The molecule has 0 bridgehead atoms. The molecule has 3 atom stereocenters. The molecule has 3 aliphatic rings. The second kappa shape index (κ2) is 2.34. The molecule has 1 aromatic carbocycles. The summed E-state index contributed by atoms with van der Waals surface area (Å²) in [6.07, 6.45) is 2.41. The van der Waals surface area contributed by atoms with Crippen LogP contribution in [0.1, 0.15) is 31.4 Å². The Bertz CT molecular complexity index is 521. The molecule has 1 saturated carbocycles. The summed E-state index contributed by atoms with van der Waals surface area (Å²) >= 11 is 0. The first-order valence-corrected chi connectivity index (χ1v) is 6.01. The van der Waals surface area contributed by atoms with Crippen molar-refractivity contribution in [2.75, 3.05) is 0 Å². The SMILES string of the molecule is CC1=NO[C@]23c4ccccc4CCC2(C)C13. The van der Waals surface area contributed by atoms with E-state index >= 15 is 0 Å². The maximum atomic E-state index is 5.85. The van der Waals surface area contributed by atoms with E-state index in [0.29, 0.717) is 11.3 Å². The third-order valence-electron chi connectivity index (χ3n) is 4.89. The Hall–Kier alpha value is -1.31. The molecule has 1 aromatic rings. The van der Waals surface area contributed by atoms with Gasteiger partial charge in [0, 0.05) is 11.0 Å². The van der Waals surface area contributed by atoms with Crippen LogP contribution in [0.4, 0.5) is 0 Å². The Morgan fingerprint density at radius 3 is 3.06 bits per heavy atom. The van der Waals surface area contributed by atoms with E-state index in [4.69, 9.17) is 4.84 Å². The lowest BCUT2D eigenvalue weighted by Gasteiger charge is -2.28. The highest BCUT2D eigenvalue weighted by Crippen LogP contribution is 2.77. The fraction of sp³-hybridized carbons (Fsp3) is 0.500. The topological polar surface area (TPSA) is 21.6 Å². The average Bonchev–Trinajstić information content (AvgIpc) is 2.68. The van der Waals surface area contributed by atoms with Crippen molar-refractivity contribution in [2.45, 2.75) is 32.3 Å². The smallest absolute Gasteiger partial charge is 0.177 e. The largest absolute Gasteiger partial charge is 0.383 e. The van der Waals surface area contributed by atoms with E-state index in [-0.39, 0.29) is 5.60 Å². The van der Waals surface area contributed by atoms with Crippen LogP contribution in [-0.4, -0.2) is 5.71 Å². The van der Waals surface area contributed by atoms with Crippen molar-refractivity contribution in [3.05, 3.63) is 35.4 Å². The first-order valence-electron chi connectivity index (χ1n) is 6.01. The van der Waals surface area contributed by atoms with Crippen LogP contribution in [0.25, 0.3) is 0 Å². The van der Waals surface area contributed by atoms with E-state index in [0.717, 1.165) is 0 Å². The lowest BCUT2D eigenvalue weighted by Crippen LogP contribution is -2.24. The Balaban J connectivity index is 1.96. The molecule has 2 nitrogen and oxygen atoms in total. The number of hydrogen-bond donors (Lipinski definition) is 0. The molecule has 0 saturated heterocycles. The van der Waals surface area contributed by atoms with Gasteiger partial charge in [-0.2, -0.15) is 0 Å².